The first-order valence-electron chi connectivity index (χ1n) is 45.9. The highest BCUT2D eigenvalue weighted by Crippen LogP contribution is 2.48. The molecule has 0 radical (unpaired) electrons. The molecule has 0 atom stereocenters. The number of ether oxygens (including phenoxy) is 1. The third-order valence-corrected chi connectivity index (χ3v) is 31.6. The molecule has 4 aromatic heterocycles. The summed E-state index contributed by atoms with van der Waals surface area (Å²) in [7, 11) is 2.98. The highest BCUT2D eigenvalue weighted by atomic mass is 35.5. The first kappa shape index (κ1) is 95.6. The Morgan fingerprint density at radius 3 is 1.27 bits per heavy atom. The van der Waals surface area contributed by atoms with Crippen LogP contribution >= 0.6 is 11.6 Å². The van der Waals surface area contributed by atoms with E-state index in [4.69, 9.17) is 16.3 Å². The van der Waals surface area contributed by atoms with E-state index >= 15 is 0 Å². The minimum absolute atomic E-state index is 0. The number of rotatable bonds is 12. The van der Waals surface area contributed by atoms with E-state index in [1.807, 2.05) is 115 Å². The third kappa shape index (κ3) is 18.9. The number of carbonyl (C=O) groups excluding carboxylic acids is 7. The summed E-state index contributed by atoms with van der Waals surface area (Å²) in [6, 6.07) is 38.8. The predicted octanol–water partition coefficient (Wildman–Crippen LogP) is 16.4. The lowest BCUT2D eigenvalue weighted by atomic mass is 9.79. The Bertz CT molecular complexity index is 5750. The first-order valence-corrected chi connectivity index (χ1v) is 47.8. The van der Waals surface area contributed by atoms with Gasteiger partial charge in [-0.25, -0.2) is 8.42 Å². The summed E-state index contributed by atoms with van der Waals surface area (Å²) in [4.78, 5) is 107. The van der Waals surface area contributed by atoms with Crippen LogP contribution in [0.15, 0.2) is 138 Å². The van der Waals surface area contributed by atoms with Crippen molar-refractivity contribution in [2.24, 2.45) is 5.41 Å². The second-order valence-electron chi connectivity index (χ2n) is 39.3. The lowest BCUT2D eigenvalue weighted by molar-refractivity contribution is -0.0895. The topological polar surface area (TPSA) is 241 Å². The standard InChI is InChI=1S/C28H39N3O3.C25H28F3N3O4S.C24H31ClN4O.C22H24F3N3O3.H2/c1-19(2)34-23-10-8-21(18-20(23)3)26(33)30-14-12-28(13-15-30)24-11-9-22(25(32)27(4,5)6)31(24)17-16-29(28)7;1-23(2)15-31-19(21(32)25(26,27)28)9-10-20(31)24(29-23)11-13-30(14-12-24)22(33)16-3-5-17(6-4-16)36(34,35)18-7-8-18;1-26-17-18-29-21(9-10-22(29)25)24(26)11-15-28(16-12-24)23(30)19-5-7-20(8-6-19)27-13-3-2-4-14-27;1-14-13-15(3-5-17(14)29)20(31)27-9-7-21(8-10-27)18-6-4-16(19(30)22(23,24)25)28(18)12-11-26(21)2;/h8-11,18-19H,12-17H2,1-7H3;3-6,9-10,18,29H,7-8,11-15H2,1-2H3;5-10H,2-4,11-18H2,1H3;3-6,13,29H,7-12H2,1-2H3;1H. The fourth-order valence-corrected chi connectivity index (χ4v) is 23.3. The number of amides is 4. The molecule has 1 aliphatic carbocycles. The van der Waals surface area contributed by atoms with Gasteiger partial charge in [0.1, 0.15) is 16.7 Å². The number of hydrogen-bond donors (Lipinski definition) is 2. The summed E-state index contributed by atoms with van der Waals surface area (Å²) in [5.41, 5.74) is 6.85. The van der Waals surface area contributed by atoms with Crippen LogP contribution in [-0.2, 0) is 58.2 Å². The van der Waals surface area contributed by atoms with Gasteiger partial charge in [-0.15, -0.1) is 0 Å². The number of likely N-dealkylation sites (N-methyl/N-ethyl adjacent to an activating group) is 3. The zero-order chi connectivity index (χ0) is 94.2. The molecule has 706 valence electrons. The van der Waals surface area contributed by atoms with Crippen LogP contribution in [-0.4, -0.2) is 243 Å². The molecule has 131 heavy (non-hydrogen) atoms. The average molecular weight is 1850 g/mol. The summed E-state index contributed by atoms with van der Waals surface area (Å²) in [6.07, 6.45) is 1.04. The minimum Gasteiger partial charge on any atom is -0.508 e. The Labute approximate surface area is 769 Å². The van der Waals surface area contributed by atoms with E-state index in [0.717, 1.165) is 106 Å². The molecule has 6 fully saturated rings. The molecule has 1 saturated carbocycles. The van der Waals surface area contributed by atoms with Crippen LogP contribution in [0.25, 0.3) is 0 Å². The molecule has 0 unspecified atom stereocenters. The highest BCUT2D eigenvalue weighted by molar-refractivity contribution is 7.92. The molecular formula is C99H124ClF6N13O11S. The van der Waals surface area contributed by atoms with Crippen LogP contribution in [0.1, 0.15) is 240 Å². The summed E-state index contributed by atoms with van der Waals surface area (Å²) in [5, 5.41) is 13.8. The normalized spacial score (nSPS) is 20.0. The molecule has 2 N–H and O–H groups in total. The smallest absolute Gasteiger partial charge is 0.456 e. The van der Waals surface area contributed by atoms with Gasteiger partial charge in [-0.3, -0.25) is 53.6 Å². The van der Waals surface area contributed by atoms with E-state index in [2.05, 4.69) is 72.4 Å². The Balaban J connectivity index is 0.000000142. The molecule has 8 aromatic rings. The van der Waals surface area contributed by atoms with Gasteiger partial charge in [-0.1, -0.05) is 32.4 Å². The monoisotopic (exact) mass is 1850 g/mol. The van der Waals surface area contributed by atoms with Crippen LogP contribution in [0.3, 0.4) is 0 Å². The maximum Gasteiger partial charge on any atom is 0.456 e. The number of aromatic hydroxyl groups is 1. The van der Waals surface area contributed by atoms with Crippen LogP contribution in [0.2, 0.25) is 5.15 Å². The van der Waals surface area contributed by atoms with E-state index in [9.17, 15) is 73.4 Å². The van der Waals surface area contributed by atoms with E-state index in [-0.39, 0.29) is 81.8 Å². The number of sulfone groups is 1. The molecule has 13 heterocycles. The largest absolute Gasteiger partial charge is 0.508 e. The van der Waals surface area contributed by atoms with Crippen molar-refractivity contribution in [3.63, 3.8) is 0 Å². The van der Waals surface area contributed by atoms with Gasteiger partial charge in [0.2, 0.25) is 0 Å². The second kappa shape index (κ2) is 36.7. The number of nitrogens with zero attached hydrogens (tertiary/aromatic N) is 12. The van der Waals surface area contributed by atoms with Crippen molar-refractivity contribution in [2.75, 3.05) is 111 Å². The van der Waals surface area contributed by atoms with Crippen molar-refractivity contribution in [1.82, 2.24) is 57.9 Å². The van der Waals surface area contributed by atoms with E-state index in [1.54, 1.807) is 41.0 Å². The minimum atomic E-state index is -4.96. The van der Waals surface area contributed by atoms with Crippen molar-refractivity contribution in [3.8, 4) is 11.5 Å². The maximum atomic E-state index is 13.3. The second-order valence-corrected chi connectivity index (χ2v) is 41.9. The quantitative estimate of drug-likeness (QED) is 0.0853. The third-order valence-electron chi connectivity index (χ3n) is 29.0. The van der Waals surface area contributed by atoms with Gasteiger partial charge in [0.25, 0.3) is 35.2 Å². The Morgan fingerprint density at radius 1 is 0.458 bits per heavy atom. The predicted molar refractivity (Wildman–Crippen MR) is 491 cm³/mol. The number of aryl methyl sites for hydroxylation is 2. The Morgan fingerprint density at radius 2 is 0.840 bits per heavy atom. The molecule has 4 amide bonds. The SMILES string of the molecule is CC1(C)Cn2c(C(=O)C(F)(F)F)ccc2C2(CCN(C(=O)c3ccc(S(=O)(=O)C4CC4)cc3)CC2)N1.CN1CCn2c(Cl)ccc2C12CCN(C(=O)c1ccc(N3CCCCC3)cc1)CC2.Cc1cc(C(=O)N2CCC3(CC2)c2ccc(C(=O)C(C)(C)C)n2CCN3C)ccc1OC(C)C.Cc1cc(C(=O)N2CCC3(CC2)c2ccc(C(=O)C(F)(F)F)n2CCN3C)ccc1O.[HH]. The lowest BCUT2D eigenvalue weighted by Crippen LogP contribution is -2.63. The van der Waals surface area contributed by atoms with E-state index in [0.29, 0.717) is 125 Å². The summed E-state index contributed by atoms with van der Waals surface area (Å²) in [5.74, 6) is -2.68. The van der Waals surface area contributed by atoms with Gasteiger partial charge in [-0.05, 0) is 291 Å². The van der Waals surface area contributed by atoms with E-state index < -0.39 is 55.8 Å². The van der Waals surface area contributed by atoms with Crippen LogP contribution in [0.5, 0.6) is 11.5 Å². The number of hydrogen-bond acceptors (Lipinski definition) is 16. The van der Waals surface area contributed by atoms with Gasteiger partial charge in [0, 0.05) is 174 Å². The van der Waals surface area contributed by atoms with Crippen molar-refractivity contribution < 1.29 is 79.6 Å². The molecule has 4 spiro atoms. The van der Waals surface area contributed by atoms with Gasteiger partial charge in [0.15, 0.2) is 15.6 Å². The number of aromatic nitrogens is 4. The van der Waals surface area contributed by atoms with Gasteiger partial charge < -0.3 is 52.6 Å². The number of Topliss-reactive ketones (excluding diaryl/α,β-unsaturated/α-hetero) is 3. The van der Waals surface area contributed by atoms with Crippen molar-refractivity contribution in [1.29, 1.82) is 0 Å². The molecule has 10 aliphatic rings. The number of likely N-dealkylation sites (tertiary alicyclic amines) is 4. The number of piperidine rings is 5. The first-order chi connectivity index (χ1) is 61.8. The van der Waals surface area contributed by atoms with E-state index in [1.165, 1.54) is 87.9 Å². The summed E-state index contributed by atoms with van der Waals surface area (Å²) < 4.78 is 117. The zero-order valence-electron chi connectivity index (χ0n) is 77.0. The molecular weight excluding hydrogens is 1730 g/mol. The van der Waals surface area contributed by atoms with Crippen molar-refractivity contribution in [3.05, 3.63) is 212 Å². The lowest BCUT2D eigenvalue weighted by Gasteiger charge is -2.51. The number of halogens is 7. The summed E-state index contributed by atoms with van der Waals surface area (Å²) in [6.45, 7) is 28.9. The number of carbonyl (C=O) groups is 7. The van der Waals surface area contributed by atoms with Crippen molar-refractivity contribution in [2.45, 2.75) is 228 Å². The fraction of sp³-hybridized carbons (Fsp3) is 0.525. The average Bonchev–Trinajstić information content (AvgIpc) is 1.61. The van der Waals surface area contributed by atoms with Gasteiger partial charge >= 0.3 is 12.4 Å². The number of anilines is 1. The van der Waals surface area contributed by atoms with Crippen LogP contribution in [0, 0.1) is 19.3 Å². The molecule has 0 bridgehead atoms. The van der Waals surface area contributed by atoms with Crippen LogP contribution < -0.4 is 15.0 Å². The number of phenolic OH excluding ortho intramolecular Hbond substituents is 1. The number of phenols is 1. The highest BCUT2D eigenvalue weighted by Gasteiger charge is 2.53. The molecule has 4 aromatic carbocycles. The molecule has 18 rings (SSSR count). The van der Waals surface area contributed by atoms with Crippen LogP contribution in [0.4, 0.5) is 32.0 Å². The Hall–Kier alpha value is -10.1. The fourth-order valence-electron chi connectivity index (χ4n) is 21.4. The zero-order valence-corrected chi connectivity index (χ0v) is 78.6. The van der Waals surface area contributed by atoms with Gasteiger partial charge in [0.05, 0.1) is 55.5 Å². The summed E-state index contributed by atoms with van der Waals surface area (Å²) >= 11 is 6.41. The molecule has 5 saturated heterocycles. The number of alkyl halides is 6. The number of benzene rings is 4. The Kier molecular flexibility index (Phi) is 26.8. The van der Waals surface area contributed by atoms with Crippen molar-refractivity contribution >= 4 is 68.1 Å². The van der Waals surface area contributed by atoms with Gasteiger partial charge in [-0.2, -0.15) is 26.3 Å². The number of nitrogens with one attached hydrogen (secondary N) is 1. The molecule has 9 aliphatic heterocycles. The maximum absolute atomic E-state index is 13.3. The number of ketones is 3. The molecule has 32 heteroatoms. The number of fused-ring (bicyclic) bond motifs is 8. The molecule has 24 nitrogen and oxygen atoms in total.